The van der Waals surface area contributed by atoms with E-state index in [1.807, 2.05) is 29.2 Å². The molecule has 0 bridgehead atoms. The van der Waals surface area contributed by atoms with Crippen LogP contribution in [0.5, 0.6) is 17.2 Å². The van der Waals surface area contributed by atoms with Gasteiger partial charge in [0.1, 0.15) is 5.75 Å². The van der Waals surface area contributed by atoms with Gasteiger partial charge in [0.25, 0.3) is 0 Å². The van der Waals surface area contributed by atoms with Gasteiger partial charge in [-0.1, -0.05) is 49.7 Å². The van der Waals surface area contributed by atoms with E-state index >= 15 is 0 Å². The van der Waals surface area contributed by atoms with E-state index in [-0.39, 0.29) is 12.7 Å². The Morgan fingerprint density at radius 1 is 1.05 bits per heavy atom. The molecule has 0 N–H and O–H groups in total. The zero-order valence-electron chi connectivity index (χ0n) is 23.4. The predicted octanol–water partition coefficient (Wildman–Crippen LogP) is 6.36. The summed E-state index contributed by atoms with van der Waals surface area (Å²) < 4.78 is 16.8. The fourth-order valence-electron chi connectivity index (χ4n) is 5.89. The molecule has 3 aromatic carbocycles. The van der Waals surface area contributed by atoms with Gasteiger partial charge in [0.15, 0.2) is 11.5 Å². The molecule has 5 rings (SSSR count). The highest BCUT2D eigenvalue weighted by Crippen LogP contribution is 2.39. The first kappa shape index (κ1) is 27.1. The van der Waals surface area contributed by atoms with Crippen molar-refractivity contribution in [1.29, 1.82) is 0 Å². The molecule has 2 heterocycles. The summed E-state index contributed by atoms with van der Waals surface area (Å²) in [4.78, 5) is 18.3. The van der Waals surface area contributed by atoms with Crippen LogP contribution in [0.1, 0.15) is 55.2 Å². The highest BCUT2D eigenvalue weighted by Gasteiger charge is 2.35. The third kappa shape index (κ3) is 6.39. The van der Waals surface area contributed by atoms with Crippen LogP contribution in [0.25, 0.3) is 0 Å². The molecule has 206 valence electrons. The van der Waals surface area contributed by atoms with Gasteiger partial charge < -0.3 is 19.1 Å². The smallest absolute Gasteiger partial charge is 0.241 e. The molecule has 1 fully saturated rings. The highest BCUT2D eigenvalue weighted by atomic mass is 16.7. The molecular formula is C33H40N2O4. The summed E-state index contributed by atoms with van der Waals surface area (Å²) in [6, 6.07) is 23.1. The Hall–Kier alpha value is -3.51. The van der Waals surface area contributed by atoms with Gasteiger partial charge in [0.05, 0.1) is 13.7 Å². The average Bonchev–Trinajstić information content (AvgIpc) is 3.59. The van der Waals surface area contributed by atoms with Crippen LogP contribution in [0.15, 0.2) is 66.7 Å². The molecule has 0 radical (unpaired) electrons. The lowest BCUT2D eigenvalue weighted by Gasteiger charge is -2.29. The number of hydrogen-bond acceptors (Lipinski definition) is 5. The minimum absolute atomic E-state index is 0.169. The monoisotopic (exact) mass is 528 g/mol. The molecule has 2 aliphatic rings. The van der Waals surface area contributed by atoms with E-state index in [1.165, 1.54) is 16.7 Å². The van der Waals surface area contributed by atoms with Gasteiger partial charge in [0, 0.05) is 24.8 Å². The maximum Gasteiger partial charge on any atom is 0.241 e. The summed E-state index contributed by atoms with van der Waals surface area (Å²) in [6.45, 7) is 6.52. The number of methoxy groups -OCH3 is 1. The lowest BCUT2D eigenvalue weighted by molar-refractivity contribution is -0.120. The number of amides is 1. The molecule has 1 amide bonds. The zero-order valence-corrected chi connectivity index (χ0v) is 23.4. The number of carbonyl (C=O) groups is 1. The molecule has 2 unspecified atom stereocenters. The lowest BCUT2D eigenvalue weighted by Crippen LogP contribution is -2.43. The number of rotatable bonds is 11. The number of benzene rings is 3. The summed E-state index contributed by atoms with van der Waals surface area (Å²) in [5, 5.41) is 0. The molecule has 6 heteroatoms. The van der Waals surface area contributed by atoms with Gasteiger partial charge in [-0.05, 0) is 85.5 Å². The second-order valence-corrected chi connectivity index (χ2v) is 10.7. The Morgan fingerprint density at radius 2 is 1.90 bits per heavy atom. The first-order valence-corrected chi connectivity index (χ1v) is 14.2. The Kier molecular flexibility index (Phi) is 8.72. The minimum Gasteiger partial charge on any atom is -0.496 e. The van der Waals surface area contributed by atoms with Crippen LogP contribution in [-0.4, -0.2) is 50.4 Å². The molecule has 1 saturated heterocycles. The van der Waals surface area contributed by atoms with Crippen LogP contribution in [0.2, 0.25) is 0 Å². The molecule has 3 aromatic rings. The number of unbranched alkanes of at least 4 members (excludes halogenated alkanes) is 1. The molecule has 2 aliphatic heterocycles. The first-order valence-electron chi connectivity index (χ1n) is 14.2. The van der Waals surface area contributed by atoms with Gasteiger partial charge in [-0.2, -0.15) is 0 Å². The topological polar surface area (TPSA) is 51.2 Å². The fraction of sp³-hybridized carbons (Fsp3) is 0.424. The molecule has 6 nitrogen and oxygen atoms in total. The van der Waals surface area contributed by atoms with Crippen LogP contribution in [-0.2, 0) is 11.2 Å². The Bertz CT molecular complexity index is 1280. The first-order chi connectivity index (χ1) is 19.1. The van der Waals surface area contributed by atoms with Crippen LogP contribution in [0, 0.1) is 6.92 Å². The van der Waals surface area contributed by atoms with Gasteiger partial charge in [-0.3, -0.25) is 9.69 Å². The van der Waals surface area contributed by atoms with Crippen molar-refractivity contribution in [3.05, 3.63) is 83.4 Å². The zero-order chi connectivity index (χ0) is 27.2. The summed E-state index contributed by atoms with van der Waals surface area (Å²) in [5.74, 6) is 3.05. The van der Waals surface area contributed by atoms with E-state index in [1.54, 1.807) is 7.11 Å². The average molecular weight is 529 g/mol. The summed E-state index contributed by atoms with van der Waals surface area (Å²) in [6.07, 6.45) is 4.91. The maximum absolute atomic E-state index is 13.9. The number of carbonyl (C=O) groups excluding carboxylic acids is 1. The third-order valence-electron chi connectivity index (χ3n) is 8.02. The third-order valence-corrected chi connectivity index (χ3v) is 8.02. The van der Waals surface area contributed by atoms with Crippen LogP contribution < -0.4 is 19.1 Å². The van der Waals surface area contributed by atoms with Crippen LogP contribution in [0.4, 0.5) is 5.69 Å². The minimum atomic E-state index is 0.169. The number of ether oxygens (including phenoxy) is 3. The molecule has 0 saturated carbocycles. The summed E-state index contributed by atoms with van der Waals surface area (Å²) in [5.41, 5.74) is 4.62. The van der Waals surface area contributed by atoms with Gasteiger partial charge in [0.2, 0.25) is 12.7 Å². The molecule has 0 spiro atoms. The lowest BCUT2D eigenvalue weighted by atomic mass is 9.94. The number of likely N-dealkylation sites (tertiary alicyclic amines) is 1. The van der Waals surface area contributed by atoms with Crippen molar-refractivity contribution in [2.75, 3.05) is 38.4 Å². The van der Waals surface area contributed by atoms with Crippen molar-refractivity contribution in [3.63, 3.8) is 0 Å². The Morgan fingerprint density at radius 3 is 2.72 bits per heavy atom. The van der Waals surface area contributed by atoms with Crippen molar-refractivity contribution >= 4 is 11.6 Å². The molecule has 0 aliphatic carbocycles. The van der Waals surface area contributed by atoms with Gasteiger partial charge >= 0.3 is 0 Å². The van der Waals surface area contributed by atoms with E-state index in [4.69, 9.17) is 14.2 Å². The largest absolute Gasteiger partial charge is 0.496 e. The SMILES string of the molecule is CCCCN(C(=O)CN1CC(c2ccc3c(c2)OCO3)CC1CCc1ccccc1OC)c1cccc(C)c1. The second kappa shape index (κ2) is 12.6. The number of para-hydroxylation sites is 1. The standard InChI is InChI=1S/C33H40N2O4/c1-4-5-17-35(29-11-8-9-24(2)18-29)33(36)22-34-21-27(26-14-16-31-32(20-26)39-23-38-31)19-28(34)15-13-25-10-6-7-12-30(25)37-3/h6-12,14,16,18,20,27-28H,4-5,13,15,17,19,21-23H2,1-3H3. The van der Waals surface area contributed by atoms with Crippen LogP contribution >= 0.6 is 0 Å². The van der Waals surface area contributed by atoms with E-state index in [2.05, 4.69) is 61.2 Å². The van der Waals surface area contributed by atoms with E-state index < -0.39 is 0 Å². The molecular weight excluding hydrogens is 488 g/mol. The second-order valence-electron chi connectivity index (χ2n) is 10.7. The number of hydrogen-bond donors (Lipinski definition) is 0. The fourth-order valence-corrected chi connectivity index (χ4v) is 5.89. The predicted molar refractivity (Wildman–Crippen MR) is 155 cm³/mol. The van der Waals surface area contributed by atoms with Crippen molar-refractivity contribution in [1.82, 2.24) is 4.90 Å². The van der Waals surface area contributed by atoms with E-state index in [0.29, 0.717) is 18.5 Å². The Balaban J connectivity index is 1.36. The summed E-state index contributed by atoms with van der Waals surface area (Å²) >= 11 is 0. The maximum atomic E-state index is 13.9. The number of nitrogens with zero attached hydrogens (tertiary/aromatic N) is 2. The number of anilines is 1. The molecule has 39 heavy (non-hydrogen) atoms. The van der Waals surface area contributed by atoms with Gasteiger partial charge in [-0.15, -0.1) is 0 Å². The van der Waals surface area contributed by atoms with Crippen molar-refractivity contribution < 1.29 is 19.0 Å². The summed E-state index contributed by atoms with van der Waals surface area (Å²) in [7, 11) is 1.73. The molecule has 0 aromatic heterocycles. The van der Waals surface area contributed by atoms with Gasteiger partial charge in [-0.25, -0.2) is 0 Å². The Labute approximate surface area is 232 Å². The van der Waals surface area contributed by atoms with Crippen molar-refractivity contribution in [2.45, 2.75) is 57.9 Å². The van der Waals surface area contributed by atoms with Crippen molar-refractivity contribution in [2.24, 2.45) is 0 Å². The quantitative estimate of drug-likeness (QED) is 0.290. The van der Waals surface area contributed by atoms with E-state index in [0.717, 1.165) is 68.1 Å². The van der Waals surface area contributed by atoms with Crippen molar-refractivity contribution in [3.8, 4) is 17.2 Å². The molecule has 2 atom stereocenters. The number of aryl methyl sites for hydroxylation is 2. The number of fused-ring (bicyclic) bond motifs is 1. The highest BCUT2D eigenvalue weighted by molar-refractivity contribution is 5.95. The van der Waals surface area contributed by atoms with E-state index in [9.17, 15) is 4.79 Å². The normalized spacial score (nSPS) is 18.3. The van der Waals surface area contributed by atoms with Crippen LogP contribution in [0.3, 0.4) is 0 Å².